The number of methoxy groups -OCH3 is 2. The number of fused-ring (bicyclic) bond motifs is 1. The smallest absolute Gasteiger partial charge is 0.215 e. The van der Waals surface area contributed by atoms with Gasteiger partial charge in [-0.25, -0.2) is 0 Å². The summed E-state index contributed by atoms with van der Waals surface area (Å²) in [4.78, 5) is 17.2. The van der Waals surface area contributed by atoms with Crippen LogP contribution in [0.25, 0.3) is 10.9 Å². The SMILES string of the molecule is CCCCCCCCCCCCOCCCN(C=O)c1[nH]c2ccc(OCCOC)cc2c1N=Nc1ccc(OC)cc1. The molecule has 9 nitrogen and oxygen atoms in total. The standard InChI is InChI=1S/C34H50N4O5/c1-4-5-6-7-8-9-10-11-12-13-22-42-23-14-21-38(27-39)34-33(37-36-28-15-17-29(41-3)18-16-28)31-26-30(43-25-24-40-2)19-20-32(31)35-34/h15-20,26-27,35H,4-14,21-25H2,1-3H3. The molecule has 0 unspecified atom stereocenters. The van der Waals surface area contributed by atoms with Crippen LogP contribution in [-0.2, 0) is 14.3 Å². The number of nitrogens with zero attached hydrogens (tertiary/aromatic N) is 3. The maximum Gasteiger partial charge on any atom is 0.215 e. The van der Waals surface area contributed by atoms with Gasteiger partial charge in [-0.15, -0.1) is 5.11 Å². The van der Waals surface area contributed by atoms with Crippen molar-refractivity contribution in [2.45, 2.75) is 77.6 Å². The van der Waals surface area contributed by atoms with Gasteiger partial charge in [-0.3, -0.25) is 9.69 Å². The highest BCUT2D eigenvalue weighted by Crippen LogP contribution is 2.39. The number of carbonyl (C=O) groups is 1. The molecule has 1 N–H and O–H groups in total. The Morgan fingerprint density at radius 2 is 1.44 bits per heavy atom. The fourth-order valence-electron chi connectivity index (χ4n) is 4.89. The maximum atomic E-state index is 12.2. The highest BCUT2D eigenvalue weighted by atomic mass is 16.5. The lowest BCUT2D eigenvalue weighted by Gasteiger charge is -2.16. The number of nitrogens with one attached hydrogen (secondary N) is 1. The van der Waals surface area contributed by atoms with Gasteiger partial charge in [0.15, 0.2) is 0 Å². The Hall–Kier alpha value is -3.43. The van der Waals surface area contributed by atoms with E-state index in [1.54, 1.807) is 19.1 Å². The van der Waals surface area contributed by atoms with Crippen LogP contribution in [-0.4, -0.2) is 58.6 Å². The highest BCUT2D eigenvalue weighted by molar-refractivity contribution is 6.01. The van der Waals surface area contributed by atoms with E-state index in [-0.39, 0.29) is 0 Å². The number of ether oxygens (including phenoxy) is 4. The molecule has 1 amide bonds. The lowest BCUT2D eigenvalue weighted by Crippen LogP contribution is -2.24. The number of anilines is 1. The van der Waals surface area contributed by atoms with Gasteiger partial charge in [0.1, 0.15) is 29.6 Å². The van der Waals surface area contributed by atoms with Crippen LogP contribution in [0.2, 0.25) is 0 Å². The van der Waals surface area contributed by atoms with E-state index in [1.807, 2.05) is 42.5 Å². The molecule has 0 saturated heterocycles. The Bertz CT molecular complexity index is 1210. The monoisotopic (exact) mass is 594 g/mol. The van der Waals surface area contributed by atoms with Gasteiger partial charge >= 0.3 is 0 Å². The van der Waals surface area contributed by atoms with Crippen molar-refractivity contribution in [1.29, 1.82) is 0 Å². The van der Waals surface area contributed by atoms with Gasteiger partial charge in [-0.2, -0.15) is 5.11 Å². The topological polar surface area (TPSA) is 97.7 Å². The van der Waals surface area contributed by atoms with Crippen molar-refractivity contribution in [3.8, 4) is 11.5 Å². The molecule has 0 atom stereocenters. The summed E-state index contributed by atoms with van der Waals surface area (Å²) in [6.45, 7) is 5.04. The van der Waals surface area contributed by atoms with Crippen LogP contribution in [0.3, 0.4) is 0 Å². The molecular weight excluding hydrogens is 544 g/mol. The number of benzene rings is 2. The van der Waals surface area contributed by atoms with Crippen LogP contribution >= 0.6 is 0 Å². The third kappa shape index (κ3) is 12.0. The summed E-state index contributed by atoms with van der Waals surface area (Å²) in [5.41, 5.74) is 2.08. The van der Waals surface area contributed by atoms with Crippen molar-refractivity contribution in [3.63, 3.8) is 0 Å². The maximum absolute atomic E-state index is 12.2. The normalized spacial score (nSPS) is 11.4. The summed E-state index contributed by atoms with van der Waals surface area (Å²) in [5.74, 6) is 2.02. The van der Waals surface area contributed by atoms with E-state index in [1.165, 1.54) is 57.8 Å². The number of unbranched alkanes of at least 4 members (excludes halogenated alkanes) is 9. The van der Waals surface area contributed by atoms with Gasteiger partial charge in [0.25, 0.3) is 0 Å². The molecule has 1 heterocycles. The lowest BCUT2D eigenvalue weighted by atomic mass is 10.1. The van der Waals surface area contributed by atoms with Crippen molar-refractivity contribution in [1.82, 2.24) is 4.98 Å². The van der Waals surface area contributed by atoms with Crippen molar-refractivity contribution < 1.29 is 23.7 Å². The number of hydrogen-bond acceptors (Lipinski definition) is 7. The minimum atomic E-state index is 0.432. The number of aromatic nitrogens is 1. The molecule has 9 heteroatoms. The number of aromatic amines is 1. The van der Waals surface area contributed by atoms with Crippen LogP contribution in [0, 0.1) is 0 Å². The molecule has 0 fully saturated rings. The van der Waals surface area contributed by atoms with Crippen molar-refractivity contribution in [2.75, 3.05) is 52.1 Å². The molecule has 236 valence electrons. The molecule has 3 rings (SSSR count). The summed E-state index contributed by atoms with van der Waals surface area (Å²) < 4.78 is 22.0. The van der Waals surface area contributed by atoms with E-state index < -0.39 is 0 Å². The quantitative estimate of drug-likeness (QED) is 0.0634. The fourth-order valence-corrected chi connectivity index (χ4v) is 4.89. The zero-order chi connectivity index (χ0) is 30.5. The first kappa shape index (κ1) is 34.1. The second-order valence-corrected chi connectivity index (χ2v) is 10.7. The van der Waals surface area contributed by atoms with Gasteiger partial charge in [0, 0.05) is 37.8 Å². The third-order valence-corrected chi connectivity index (χ3v) is 7.36. The van der Waals surface area contributed by atoms with Crippen LogP contribution < -0.4 is 14.4 Å². The van der Waals surface area contributed by atoms with Gasteiger partial charge in [0.2, 0.25) is 6.41 Å². The lowest BCUT2D eigenvalue weighted by molar-refractivity contribution is -0.107. The summed E-state index contributed by atoms with van der Waals surface area (Å²) in [6, 6.07) is 13.0. The summed E-state index contributed by atoms with van der Waals surface area (Å²) in [6.07, 6.45) is 14.6. The minimum Gasteiger partial charge on any atom is -0.497 e. The minimum absolute atomic E-state index is 0.432. The van der Waals surface area contributed by atoms with E-state index in [4.69, 9.17) is 18.9 Å². The van der Waals surface area contributed by atoms with E-state index in [0.717, 1.165) is 36.1 Å². The third-order valence-electron chi connectivity index (χ3n) is 7.36. The van der Waals surface area contributed by atoms with E-state index >= 15 is 0 Å². The molecule has 3 aromatic rings. The van der Waals surface area contributed by atoms with Gasteiger partial charge < -0.3 is 23.9 Å². The van der Waals surface area contributed by atoms with Crippen molar-refractivity contribution in [3.05, 3.63) is 42.5 Å². The highest BCUT2D eigenvalue weighted by Gasteiger charge is 2.18. The molecule has 43 heavy (non-hydrogen) atoms. The molecule has 0 aliphatic carbocycles. The summed E-state index contributed by atoms with van der Waals surface area (Å²) in [5, 5.41) is 9.85. The first-order valence-electron chi connectivity index (χ1n) is 15.8. The Labute approximate surface area is 257 Å². The Morgan fingerprint density at radius 3 is 2.12 bits per heavy atom. The molecule has 0 bridgehead atoms. The van der Waals surface area contributed by atoms with E-state index in [2.05, 4.69) is 22.1 Å². The molecule has 2 aromatic carbocycles. The second kappa shape index (κ2) is 20.5. The van der Waals surface area contributed by atoms with Crippen LogP contribution in [0.15, 0.2) is 52.7 Å². The number of hydrogen-bond donors (Lipinski definition) is 1. The van der Waals surface area contributed by atoms with Crippen LogP contribution in [0.5, 0.6) is 11.5 Å². The predicted octanol–water partition coefficient (Wildman–Crippen LogP) is 8.91. The molecule has 0 aliphatic heterocycles. The number of rotatable bonds is 24. The largest absolute Gasteiger partial charge is 0.497 e. The van der Waals surface area contributed by atoms with Crippen LogP contribution in [0.1, 0.15) is 77.6 Å². The predicted molar refractivity (Wildman–Crippen MR) is 174 cm³/mol. The number of azo groups is 1. The Kier molecular flexibility index (Phi) is 16.2. The molecule has 0 aliphatic rings. The molecular formula is C34H50N4O5. The summed E-state index contributed by atoms with van der Waals surface area (Å²) in [7, 11) is 3.26. The average molecular weight is 595 g/mol. The molecule has 0 radical (unpaired) electrons. The van der Waals surface area contributed by atoms with E-state index in [9.17, 15) is 4.79 Å². The zero-order valence-corrected chi connectivity index (χ0v) is 26.3. The zero-order valence-electron chi connectivity index (χ0n) is 26.3. The Balaban J connectivity index is 1.56. The number of carbonyl (C=O) groups excluding carboxylic acids is 1. The molecule has 0 spiro atoms. The fraction of sp³-hybridized carbons (Fsp3) is 0.559. The van der Waals surface area contributed by atoms with Crippen LogP contribution in [0.4, 0.5) is 17.2 Å². The van der Waals surface area contributed by atoms with Crippen molar-refractivity contribution in [2.24, 2.45) is 10.2 Å². The first-order valence-corrected chi connectivity index (χ1v) is 15.8. The second-order valence-electron chi connectivity index (χ2n) is 10.7. The average Bonchev–Trinajstić information content (AvgIpc) is 3.39. The van der Waals surface area contributed by atoms with Gasteiger partial charge in [0.05, 0.1) is 19.4 Å². The van der Waals surface area contributed by atoms with Crippen molar-refractivity contribution >= 4 is 34.5 Å². The Morgan fingerprint density at radius 1 is 0.767 bits per heavy atom. The molecule has 0 saturated carbocycles. The summed E-state index contributed by atoms with van der Waals surface area (Å²) >= 11 is 0. The first-order chi connectivity index (χ1) is 21.2. The van der Waals surface area contributed by atoms with Gasteiger partial charge in [-0.05, 0) is 55.3 Å². The van der Waals surface area contributed by atoms with Gasteiger partial charge in [-0.1, -0.05) is 64.7 Å². The number of amides is 1. The number of H-pyrrole nitrogens is 1. The van der Waals surface area contributed by atoms with E-state index in [0.29, 0.717) is 55.7 Å². The molecule has 1 aromatic heterocycles.